The van der Waals surface area contributed by atoms with E-state index in [2.05, 4.69) is 9.97 Å². The molecule has 3 aromatic carbocycles. The number of benzene rings is 3. The van der Waals surface area contributed by atoms with Crippen LogP contribution in [0.25, 0.3) is 22.0 Å². The van der Waals surface area contributed by atoms with Gasteiger partial charge in [-0.3, -0.25) is 4.79 Å². The number of fused-ring (bicyclic) bond motifs is 2. The van der Waals surface area contributed by atoms with Crippen LogP contribution in [0.2, 0.25) is 0 Å². The first-order valence-corrected chi connectivity index (χ1v) is 10.3. The molecule has 1 aromatic heterocycles. The zero-order valence-corrected chi connectivity index (χ0v) is 17.0. The van der Waals surface area contributed by atoms with Gasteiger partial charge in [-0.15, -0.1) is 0 Å². The SMILES string of the molecule is Nc1nc(C(=O)N2Cc3ccccc3C2)c2cc(-c3ccc(CCO)cc3)ccc2n1. The first kappa shape index (κ1) is 19.2. The van der Waals surface area contributed by atoms with Crippen molar-refractivity contribution < 1.29 is 9.90 Å². The molecule has 6 heteroatoms. The summed E-state index contributed by atoms with van der Waals surface area (Å²) in [6, 6.07) is 21.9. The average molecular weight is 410 g/mol. The third kappa shape index (κ3) is 3.62. The van der Waals surface area contributed by atoms with Gasteiger partial charge < -0.3 is 15.7 Å². The zero-order valence-electron chi connectivity index (χ0n) is 17.0. The summed E-state index contributed by atoms with van der Waals surface area (Å²) in [4.78, 5) is 23.9. The van der Waals surface area contributed by atoms with Crippen molar-refractivity contribution in [2.75, 3.05) is 12.3 Å². The molecule has 0 bridgehead atoms. The van der Waals surface area contributed by atoms with Crippen LogP contribution in [0.4, 0.5) is 5.95 Å². The van der Waals surface area contributed by atoms with E-state index in [1.165, 1.54) is 0 Å². The summed E-state index contributed by atoms with van der Waals surface area (Å²) < 4.78 is 0. The molecule has 2 heterocycles. The largest absolute Gasteiger partial charge is 0.396 e. The Hall–Kier alpha value is -3.77. The highest BCUT2D eigenvalue weighted by molar-refractivity contribution is 6.05. The van der Waals surface area contributed by atoms with Crippen molar-refractivity contribution in [1.29, 1.82) is 0 Å². The van der Waals surface area contributed by atoms with Crippen LogP contribution in [0.3, 0.4) is 0 Å². The van der Waals surface area contributed by atoms with Gasteiger partial charge >= 0.3 is 0 Å². The lowest BCUT2D eigenvalue weighted by Gasteiger charge is -2.16. The van der Waals surface area contributed by atoms with E-state index in [1.807, 2.05) is 66.7 Å². The molecule has 4 aromatic rings. The second kappa shape index (κ2) is 7.81. The summed E-state index contributed by atoms with van der Waals surface area (Å²) in [5.74, 6) is -0.0561. The third-order valence-electron chi connectivity index (χ3n) is 5.73. The highest BCUT2D eigenvalue weighted by Crippen LogP contribution is 2.29. The van der Waals surface area contributed by atoms with Gasteiger partial charge in [0.15, 0.2) is 0 Å². The second-order valence-electron chi connectivity index (χ2n) is 7.76. The number of aromatic nitrogens is 2. The Kier molecular flexibility index (Phi) is 4.84. The topological polar surface area (TPSA) is 92.3 Å². The van der Waals surface area contributed by atoms with Crippen LogP contribution in [0.15, 0.2) is 66.7 Å². The molecule has 1 aliphatic rings. The van der Waals surface area contributed by atoms with Crippen LogP contribution >= 0.6 is 0 Å². The first-order chi connectivity index (χ1) is 15.1. The molecule has 5 rings (SSSR count). The maximum Gasteiger partial charge on any atom is 0.273 e. The number of aliphatic hydroxyl groups is 1. The predicted octanol–water partition coefficient (Wildman–Crippen LogP) is 3.57. The van der Waals surface area contributed by atoms with E-state index in [4.69, 9.17) is 10.8 Å². The summed E-state index contributed by atoms with van der Waals surface area (Å²) in [5, 5.41) is 9.80. The summed E-state index contributed by atoms with van der Waals surface area (Å²) in [5.41, 5.74) is 12.3. The van der Waals surface area contributed by atoms with Gasteiger partial charge in [-0.25, -0.2) is 9.97 Å². The molecule has 0 radical (unpaired) electrons. The molecule has 154 valence electrons. The molecule has 3 N–H and O–H groups in total. The Labute approximate surface area is 180 Å². The molecule has 0 unspecified atom stereocenters. The van der Waals surface area contributed by atoms with Gasteiger partial charge in [-0.05, 0) is 46.4 Å². The van der Waals surface area contributed by atoms with Crippen LogP contribution in [0.5, 0.6) is 0 Å². The van der Waals surface area contributed by atoms with Gasteiger partial charge in [-0.1, -0.05) is 54.6 Å². The van der Waals surface area contributed by atoms with Crippen molar-refractivity contribution in [2.24, 2.45) is 0 Å². The Morgan fingerprint density at radius 2 is 1.61 bits per heavy atom. The average Bonchev–Trinajstić information content (AvgIpc) is 3.23. The molecular weight excluding hydrogens is 388 g/mol. The minimum Gasteiger partial charge on any atom is -0.396 e. The number of carbonyl (C=O) groups excluding carboxylic acids is 1. The minimum atomic E-state index is -0.147. The normalized spacial score (nSPS) is 12.9. The van der Waals surface area contributed by atoms with Crippen molar-refractivity contribution >= 4 is 22.8 Å². The Balaban J connectivity index is 1.53. The molecule has 1 amide bonds. The van der Waals surface area contributed by atoms with Crippen molar-refractivity contribution in [3.8, 4) is 11.1 Å². The van der Waals surface area contributed by atoms with Crippen LogP contribution in [0, 0.1) is 0 Å². The van der Waals surface area contributed by atoms with E-state index >= 15 is 0 Å². The molecule has 1 aliphatic heterocycles. The van der Waals surface area contributed by atoms with Gasteiger partial charge in [0.25, 0.3) is 5.91 Å². The molecule has 0 aliphatic carbocycles. The molecule has 0 saturated carbocycles. The highest BCUT2D eigenvalue weighted by atomic mass is 16.3. The number of nitrogens with zero attached hydrogens (tertiary/aromatic N) is 3. The van der Waals surface area contributed by atoms with Crippen molar-refractivity contribution in [1.82, 2.24) is 14.9 Å². The quantitative estimate of drug-likeness (QED) is 0.537. The zero-order chi connectivity index (χ0) is 21.4. The number of nitrogen functional groups attached to an aromatic ring is 1. The number of nitrogens with two attached hydrogens (primary N) is 1. The number of rotatable bonds is 4. The molecule has 31 heavy (non-hydrogen) atoms. The number of aliphatic hydroxyl groups excluding tert-OH is 1. The smallest absolute Gasteiger partial charge is 0.273 e. The highest BCUT2D eigenvalue weighted by Gasteiger charge is 2.26. The molecule has 0 spiro atoms. The number of carbonyl (C=O) groups is 1. The fourth-order valence-corrected chi connectivity index (χ4v) is 4.11. The van der Waals surface area contributed by atoms with E-state index in [9.17, 15) is 4.79 Å². The van der Waals surface area contributed by atoms with Gasteiger partial charge in [0.2, 0.25) is 5.95 Å². The minimum absolute atomic E-state index is 0.0914. The standard InChI is InChI=1S/C25H22N4O2/c26-25-27-22-10-9-18(17-7-5-16(6-8-17)11-12-30)13-21(22)23(28-25)24(31)29-14-19-3-1-2-4-20(19)15-29/h1-10,13,30H,11-12,14-15H2,(H2,26,27,28). The molecule has 0 saturated heterocycles. The van der Waals surface area contributed by atoms with Crippen molar-refractivity contribution in [2.45, 2.75) is 19.5 Å². The van der Waals surface area contributed by atoms with Crippen LogP contribution in [-0.4, -0.2) is 32.5 Å². The van der Waals surface area contributed by atoms with Crippen molar-refractivity contribution in [3.63, 3.8) is 0 Å². The number of hydrogen-bond donors (Lipinski definition) is 2. The maximum atomic E-state index is 13.4. The fraction of sp³-hybridized carbons (Fsp3) is 0.160. The maximum absolute atomic E-state index is 13.4. The van der Waals surface area contributed by atoms with Crippen LogP contribution in [0.1, 0.15) is 27.2 Å². The third-order valence-corrected chi connectivity index (χ3v) is 5.73. The van der Waals surface area contributed by atoms with Gasteiger partial charge in [-0.2, -0.15) is 0 Å². The lowest BCUT2D eigenvalue weighted by atomic mass is 10.0. The van der Waals surface area contributed by atoms with Crippen molar-refractivity contribution in [3.05, 3.63) is 89.1 Å². The van der Waals surface area contributed by atoms with E-state index in [0.29, 0.717) is 36.1 Å². The van der Waals surface area contributed by atoms with Gasteiger partial charge in [0, 0.05) is 25.1 Å². The first-order valence-electron chi connectivity index (χ1n) is 10.3. The fourth-order valence-electron chi connectivity index (χ4n) is 4.11. The summed E-state index contributed by atoms with van der Waals surface area (Å²) in [6.45, 7) is 1.25. The summed E-state index contributed by atoms with van der Waals surface area (Å²) in [6.07, 6.45) is 0.627. The Bertz CT molecular complexity index is 1260. The summed E-state index contributed by atoms with van der Waals surface area (Å²) in [7, 11) is 0. The number of amides is 1. The van der Waals surface area contributed by atoms with Crippen LogP contribution in [-0.2, 0) is 19.5 Å². The summed E-state index contributed by atoms with van der Waals surface area (Å²) >= 11 is 0. The monoisotopic (exact) mass is 410 g/mol. The Morgan fingerprint density at radius 3 is 2.29 bits per heavy atom. The number of anilines is 1. The number of hydrogen-bond acceptors (Lipinski definition) is 5. The molecular formula is C25H22N4O2. The van der Waals surface area contributed by atoms with E-state index < -0.39 is 0 Å². The predicted molar refractivity (Wildman–Crippen MR) is 120 cm³/mol. The molecule has 0 atom stereocenters. The Morgan fingerprint density at radius 1 is 0.935 bits per heavy atom. The van der Waals surface area contributed by atoms with Gasteiger partial charge in [0.1, 0.15) is 5.69 Å². The van der Waals surface area contributed by atoms with E-state index in [0.717, 1.165) is 27.8 Å². The van der Waals surface area contributed by atoms with E-state index in [1.54, 1.807) is 4.90 Å². The molecule has 6 nitrogen and oxygen atoms in total. The lowest BCUT2D eigenvalue weighted by Crippen LogP contribution is -2.27. The van der Waals surface area contributed by atoms with Crippen LogP contribution < -0.4 is 5.73 Å². The molecule has 0 fully saturated rings. The van der Waals surface area contributed by atoms with E-state index in [-0.39, 0.29) is 18.5 Å². The second-order valence-corrected chi connectivity index (χ2v) is 7.76. The lowest BCUT2D eigenvalue weighted by molar-refractivity contribution is 0.0747. The van der Waals surface area contributed by atoms with Gasteiger partial charge in [0.05, 0.1) is 5.52 Å².